The fourth-order valence-electron chi connectivity index (χ4n) is 2.24. The average molecular weight is 264 g/mol. The van der Waals surface area contributed by atoms with Crippen LogP contribution in [-0.4, -0.2) is 54.3 Å². The minimum Gasteiger partial charge on any atom is -0.379 e. The Labute approximate surface area is 115 Å². The van der Waals surface area contributed by atoms with E-state index in [4.69, 9.17) is 4.74 Å². The van der Waals surface area contributed by atoms with Gasteiger partial charge in [0.05, 0.1) is 13.2 Å². The predicted octanol–water partition coefficient (Wildman–Crippen LogP) is 1.48. The van der Waals surface area contributed by atoms with Crippen LogP contribution in [0.3, 0.4) is 0 Å². The Bertz CT molecular complexity index is 391. The molecular formula is C14H24N4O. The second-order valence-electron chi connectivity index (χ2n) is 4.88. The maximum atomic E-state index is 5.34. The van der Waals surface area contributed by atoms with Gasteiger partial charge in [-0.15, -0.1) is 0 Å². The van der Waals surface area contributed by atoms with Crippen molar-refractivity contribution in [2.75, 3.05) is 44.7 Å². The van der Waals surface area contributed by atoms with Crippen LogP contribution in [0.2, 0.25) is 0 Å². The topological polar surface area (TPSA) is 50.3 Å². The summed E-state index contributed by atoms with van der Waals surface area (Å²) >= 11 is 0. The lowest BCUT2D eigenvalue weighted by molar-refractivity contribution is 0.0378. The van der Waals surface area contributed by atoms with Gasteiger partial charge in [0.1, 0.15) is 11.6 Å². The van der Waals surface area contributed by atoms with Gasteiger partial charge in [0.2, 0.25) is 0 Å². The summed E-state index contributed by atoms with van der Waals surface area (Å²) in [7, 11) is 0. The molecule has 0 bridgehead atoms. The third kappa shape index (κ3) is 4.44. The molecule has 0 saturated carbocycles. The molecule has 0 radical (unpaired) electrons. The molecule has 19 heavy (non-hydrogen) atoms. The third-order valence-corrected chi connectivity index (χ3v) is 3.41. The van der Waals surface area contributed by atoms with E-state index < -0.39 is 0 Å². The first kappa shape index (κ1) is 14.2. The summed E-state index contributed by atoms with van der Waals surface area (Å²) in [6, 6.07) is 0. The Kier molecular flexibility index (Phi) is 5.54. The minimum absolute atomic E-state index is 0.827. The Hall–Kier alpha value is -1.20. The van der Waals surface area contributed by atoms with E-state index in [1.54, 1.807) is 0 Å². The highest BCUT2D eigenvalue weighted by molar-refractivity contribution is 5.42. The quantitative estimate of drug-likeness (QED) is 0.789. The zero-order valence-electron chi connectivity index (χ0n) is 12.0. The molecular weight excluding hydrogens is 240 g/mol. The molecule has 1 aromatic heterocycles. The molecule has 0 aromatic carbocycles. The van der Waals surface area contributed by atoms with E-state index in [0.29, 0.717) is 0 Å². The van der Waals surface area contributed by atoms with E-state index in [1.165, 1.54) is 5.56 Å². The number of hydrogen-bond donors (Lipinski definition) is 1. The molecule has 5 heteroatoms. The van der Waals surface area contributed by atoms with Crippen LogP contribution in [0.4, 0.5) is 5.82 Å². The number of nitrogens with one attached hydrogen (secondary N) is 1. The zero-order chi connectivity index (χ0) is 13.5. The first-order valence-corrected chi connectivity index (χ1v) is 7.16. The lowest BCUT2D eigenvalue weighted by Gasteiger charge is -2.26. The standard InChI is InChI=1S/C14H24N4O/c1-3-13-11-16-12(2)17-14(13)15-5-4-6-18-7-9-19-10-8-18/h11H,3-10H2,1-2H3,(H,15,16,17). The lowest BCUT2D eigenvalue weighted by atomic mass is 10.2. The maximum absolute atomic E-state index is 5.34. The van der Waals surface area contributed by atoms with E-state index in [9.17, 15) is 0 Å². The SMILES string of the molecule is CCc1cnc(C)nc1NCCCN1CCOCC1. The van der Waals surface area contributed by atoms with Gasteiger partial charge in [-0.3, -0.25) is 4.90 Å². The molecule has 106 valence electrons. The van der Waals surface area contributed by atoms with E-state index in [2.05, 4.69) is 27.1 Å². The van der Waals surface area contributed by atoms with E-state index in [1.807, 2.05) is 13.1 Å². The lowest BCUT2D eigenvalue weighted by Crippen LogP contribution is -2.37. The second kappa shape index (κ2) is 7.40. The fraction of sp³-hybridized carbons (Fsp3) is 0.714. The van der Waals surface area contributed by atoms with Gasteiger partial charge in [-0.25, -0.2) is 9.97 Å². The van der Waals surface area contributed by atoms with Crippen molar-refractivity contribution in [2.45, 2.75) is 26.7 Å². The molecule has 2 heterocycles. The Morgan fingerprint density at radius 3 is 2.89 bits per heavy atom. The van der Waals surface area contributed by atoms with Gasteiger partial charge in [0.15, 0.2) is 0 Å². The van der Waals surface area contributed by atoms with Crippen LogP contribution in [0.25, 0.3) is 0 Å². The van der Waals surface area contributed by atoms with E-state index in [0.717, 1.165) is 63.9 Å². The van der Waals surface area contributed by atoms with Crippen LogP contribution in [0.1, 0.15) is 24.7 Å². The molecule has 5 nitrogen and oxygen atoms in total. The summed E-state index contributed by atoms with van der Waals surface area (Å²) in [4.78, 5) is 11.2. The van der Waals surface area contributed by atoms with Gasteiger partial charge in [0, 0.05) is 31.4 Å². The number of rotatable bonds is 6. The summed E-state index contributed by atoms with van der Waals surface area (Å²) < 4.78 is 5.34. The first-order chi connectivity index (χ1) is 9.29. The highest BCUT2D eigenvalue weighted by Gasteiger charge is 2.09. The van der Waals surface area contributed by atoms with Crippen molar-refractivity contribution < 1.29 is 4.74 Å². The number of hydrogen-bond acceptors (Lipinski definition) is 5. The average Bonchev–Trinajstić information content (AvgIpc) is 2.45. The van der Waals surface area contributed by atoms with Crippen molar-refractivity contribution in [3.63, 3.8) is 0 Å². The molecule has 0 amide bonds. The van der Waals surface area contributed by atoms with Crippen LogP contribution < -0.4 is 5.32 Å². The van der Waals surface area contributed by atoms with Crippen LogP contribution in [0.5, 0.6) is 0 Å². The molecule has 1 aliphatic rings. The third-order valence-electron chi connectivity index (χ3n) is 3.41. The van der Waals surface area contributed by atoms with Crippen LogP contribution >= 0.6 is 0 Å². The van der Waals surface area contributed by atoms with Gasteiger partial charge >= 0.3 is 0 Å². The summed E-state index contributed by atoms with van der Waals surface area (Å²) in [5.74, 6) is 1.82. The van der Waals surface area contributed by atoms with Crippen molar-refractivity contribution in [1.82, 2.24) is 14.9 Å². The molecule has 0 atom stereocenters. The van der Waals surface area contributed by atoms with E-state index >= 15 is 0 Å². The smallest absolute Gasteiger partial charge is 0.132 e. The van der Waals surface area contributed by atoms with Crippen LogP contribution in [-0.2, 0) is 11.2 Å². The summed E-state index contributed by atoms with van der Waals surface area (Å²) in [6.45, 7) is 10.0. The van der Waals surface area contributed by atoms with E-state index in [-0.39, 0.29) is 0 Å². The van der Waals surface area contributed by atoms with Crippen molar-refractivity contribution in [3.05, 3.63) is 17.6 Å². The zero-order valence-corrected chi connectivity index (χ0v) is 12.0. The van der Waals surface area contributed by atoms with Crippen molar-refractivity contribution in [3.8, 4) is 0 Å². The van der Waals surface area contributed by atoms with Crippen molar-refractivity contribution >= 4 is 5.82 Å². The molecule has 1 N–H and O–H groups in total. The molecule has 1 aromatic rings. The maximum Gasteiger partial charge on any atom is 0.132 e. The summed E-state index contributed by atoms with van der Waals surface area (Å²) in [6.07, 6.45) is 4.02. The van der Waals surface area contributed by atoms with Crippen LogP contribution in [0.15, 0.2) is 6.20 Å². The molecule has 1 aliphatic heterocycles. The number of nitrogens with zero attached hydrogens (tertiary/aromatic N) is 3. The molecule has 0 spiro atoms. The Morgan fingerprint density at radius 2 is 2.16 bits per heavy atom. The minimum atomic E-state index is 0.827. The van der Waals surface area contributed by atoms with Crippen molar-refractivity contribution in [1.29, 1.82) is 0 Å². The van der Waals surface area contributed by atoms with Gasteiger partial charge in [-0.1, -0.05) is 6.92 Å². The van der Waals surface area contributed by atoms with Gasteiger partial charge in [-0.05, 0) is 26.3 Å². The fourth-order valence-corrected chi connectivity index (χ4v) is 2.24. The van der Waals surface area contributed by atoms with Crippen LogP contribution in [0, 0.1) is 6.92 Å². The molecule has 1 saturated heterocycles. The normalized spacial score (nSPS) is 16.5. The second-order valence-corrected chi connectivity index (χ2v) is 4.88. The van der Waals surface area contributed by atoms with Gasteiger partial charge in [0.25, 0.3) is 0 Å². The number of aromatic nitrogens is 2. The molecule has 0 unspecified atom stereocenters. The summed E-state index contributed by atoms with van der Waals surface area (Å²) in [5.41, 5.74) is 1.19. The predicted molar refractivity (Wildman–Crippen MR) is 76.5 cm³/mol. The van der Waals surface area contributed by atoms with Crippen molar-refractivity contribution in [2.24, 2.45) is 0 Å². The monoisotopic (exact) mass is 264 g/mol. The molecule has 2 rings (SSSR count). The van der Waals surface area contributed by atoms with Gasteiger partial charge < -0.3 is 10.1 Å². The highest BCUT2D eigenvalue weighted by atomic mass is 16.5. The largest absolute Gasteiger partial charge is 0.379 e. The number of ether oxygens (including phenoxy) is 1. The number of anilines is 1. The Balaban J connectivity index is 1.74. The van der Waals surface area contributed by atoms with Gasteiger partial charge in [-0.2, -0.15) is 0 Å². The molecule has 1 fully saturated rings. The number of morpholine rings is 1. The molecule has 0 aliphatic carbocycles. The highest BCUT2D eigenvalue weighted by Crippen LogP contribution is 2.12. The Morgan fingerprint density at radius 1 is 1.37 bits per heavy atom. The first-order valence-electron chi connectivity index (χ1n) is 7.16. The number of aryl methyl sites for hydroxylation is 2. The summed E-state index contributed by atoms with van der Waals surface area (Å²) in [5, 5.41) is 3.44.